The van der Waals surface area contributed by atoms with E-state index in [4.69, 9.17) is 5.73 Å². The Morgan fingerprint density at radius 1 is 1.44 bits per heavy atom. The number of nitrogens with two attached hydrogens (primary N) is 1. The molecule has 0 saturated carbocycles. The summed E-state index contributed by atoms with van der Waals surface area (Å²) in [4.78, 5) is 2.57. The molecule has 0 aromatic heterocycles. The highest BCUT2D eigenvalue weighted by Crippen LogP contribution is 2.24. The van der Waals surface area contributed by atoms with Crippen LogP contribution in [0.15, 0.2) is 22.7 Å². The number of hydrogen-bond acceptors (Lipinski definition) is 2. The van der Waals surface area contributed by atoms with Gasteiger partial charge in [-0.05, 0) is 62.4 Å². The molecular formula is C15H23BrN2. The standard InChI is InChI=1S/C15H23BrN2/c1-12-4-5-14(15(16)9-12)11-18-8-2-3-13(10-18)6-7-17/h4-5,9,13H,2-3,6-8,10-11,17H2,1H3. The molecule has 1 aliphatic rings. The molecule has 1 unspecified atom stereocenters. The average Bonchev–Trinajstić information content (AvgIpc) is 2.34. The summed E-state index contributed by atoms with van der Waals surface area (Å²) < 4.78 is 1.24. The van der Waals surface area contributed by atoms with Crippen molar-refractivity contribution in [3.8, 4) is 0 Å². The van der Waals surface area contributed by atoms with Gasteiger partial charge in [0.2, 0.25) is 0 Å². The minimum Gasteiger partial charge on any atom is -0.330 e. The Hall–Kier alpha value is -0.380. The fraction of sp³-hybridized carbons (Fsp3) is 0.600. The molecule has 0 bridgehead atoms. The van der Waals surface area contributed by atoms with Crippen LogP contribution < -0.4 is 5.73 Å². The third-order valence-corrected chi connectivity index (χ3v) is 4.52. The number of piperidine rings is 1. The van der Waals surface area contributed by atoms with Crippen molar-refractivity contribution in [2.45, 2.75) is 32.7 Å². The maximum Gasteiger partial charge on any atom is 0.0245 e. The molecule has 2 rings (SSSR count). The maximum absolute atomic E-state index is 5.67. The molecule has 1 atom stereocenters. The lowest BCUT2D eigenvalue weighted by Gasteiger charge is -2.32. The zero-order valence-corrected chi connectivity index (χ0v) is 12.7. The van der Waals surface area contributed by atoms with E-state index in [9.17, 15) is 0 Å². The highest BCUT2D eigenvalue weighted by Gasteiger charge is 2.19. The summed E-state index contributed by atoms with van der Waals surface area (Å²) >= 11 is 3.67. The van der Waals surface area contributed by atoms with Crippen LogP contribution in [0.3, 0.4) is 0 Å². The first kappa shape index (κ1) is 14.0. The Morgan fingerprint density at radius 2 is 2.28 bits per heavy atom. The molecule has 1 saturated heterocycles. The van der Waals surface area contributed by atoms with Gasteiger partial charge < -0.3 is 5.73 Å². The topological polar surface area (TPSA) is 29.3 Å². The summed E-state index contributed by atoms with van der Waals surface area (Å²) in [6.45, 7) is 6.44. The Bertz CT molecular complexity index is 390. The Kier molecular flexibility index (Phi) is 5.22. The van der Waals surface area contributed by atoms with Gasteiger partial charge in [-0.1, -0.05) is 28.1 Å². The second-order valence-corrected chi connectivity index (χ2v) is 6.27. The molecule has 0 radical (unpaired) electrons. The SMILES string of the molecule is Cc1ccc(CN2CCCC(CCN)C2)c(Br)c1. The molecule has 2 nitrogen and oxygen atoms in total. The quantitative estimate of drug-likeness (QED) is 0.924. The second-order valence-electron chi connectivity index (χ2n) is 5.42. The van der Waals surface area contributed by atoms with E-state index in [0.717, 1.165) is 19.0 Å². The number of rotatable bonds is 4. The largest absolute Gasteiger partial charge is 0.330 e. The van der Waals surface area contributed by atoms with Gasteiger partial charge in [-0.25, -0.2) is 0 Å². The molecule has 2 N–H and O–H groups in total. The van der Waals surface area contributed by atoms with E-state index >= 15 is 0 Å². The van der Waals surface area contributed by atoms with Gasteiger partial charge in [0.1, 0.15) is 0 Å². The Balaban J connectivity index is 1.96. The number of aryl methyl sites for hydroxylation is 1. The van der Waals surface area contributed by atoms with Crippen LogP contribution in [0.1, 0.15) is 30.4 Å². The molecular weight excluding hydrogens is 288 g/mol. The highest BCUT2D eigenvalue weighted by molar-refractivity contribution is 9.10. The number of nitrogens with zero attached hydrogens (tertiary/aromatic N) is 1. The third kappa shape index (κ3) is 3.81. The van der Waals surface area contributed by atoms with Crippen molar-refractivity contribution < 1.29 is 0 Å². The van der Waals surface area contributed by atoms with E-state index in [1.54, 1.807) is 0 Å². The van der Waals surface area contributed by atoms with Crippen molar-refractivity contribution in [1.29, 1.82) is 0 Å². The van der Waals surface area contributed by atoms with Crippen molar-refractivity contribution in [2.75, 3.05) is 19.6 Å². The van der Waals surface area contributed by atoms with Crippen LogP contribution in [0.4, 0.5) is 0 Å². The Labute approximate surface area is 119 Å². The lowest BCUT2D eigenvalue weighted by atomic mass is 9.94. The van der Waals surface area contributed by atoms with Gasteiger partial charge in [-0.3, -0.25) is 4.90 Å². The number of halogens is 1. The van der Waals surface area contributed by atoms with Gasteiger partial charge in [-0.15, -0.1) is 0 Å². The molecule has 0 spiro atoms. The van der Waals surface area contributed by atoms with Gasteiger partial charge in [0.15, 0.2) is 0 Å². The molecule has 100 valence electrons. The van der Waals surface area contributed by atoms with Crippen molar-refractivity contribution in [2.24, 2.45) is 11.7 Å². The summed E-state index contributed by atoms with van der Waals surface area (Å²) in [7, 11) is 0. The van der Waals surface area contributed by atoms with Crippen molar-refractivity contribution in [1.82, 2.24) is 4.90 Å². The average molecular weight is 311 g/mol. The van der Waals surface area contributed by atoms with Crippen LogP contribution in [-0.2, 0) is 6.54 Å². The van der Waals surface area contributed by atoms with Crippen molar-refractivity contribution in [3.63, 3.8) is 0 Å². The summed E-state index contributed by atoms with van der Waals surface area (Å²) in [5.74, 6) is 0.799. The van der Waals surface area contributed by atoms with E-state index in [1.807, 2.05) is 0 Å². The smallest absolute Gasteiger partial charge is 0.0245 e. The van der Waals surface area contributed by atoms with Crippen molar-refractivity contribution >= 4 is 15.9 Å². The van der Waals surface area contributed by atoms with Gasteiger partial charge in [0.25, 0.3) is 0 Å². The van der Waals surface area contributed by atoms with E-state index in [2.05, 4.69) is 46.0 Å². The Morgan fingerprint density at radius 3 is 3.00 bits per heavy atom. The van der Waals surface area contributed by atoms with Gasteiger partial charge in [0.05, 0.1) is 0 Å². The van der Waals surface area contributed by atoms with E-state index in [-0.39, 0.29) is 0 Å². The lowest BCUT2D eigenvalue weighted by Crippen LogP contribution is -2.35. The first-order valence-corrected chi connectivity index (χ1v) is 7.66. The number of benzene rings is 1. The molecule has 1 aliphatic heterocycles. The van der Waals surface area contributed by atoms with E-state index in [0.29, 0.717) is 0 Å². The van der Waals surface area contributed by atoms with Crippen LogP contribution in [-0.4, -0.2) is 24.5 Å². The third-order valence-electron chi connectivity index (χ3n) is 3.78. The summed E-state index contributed by atoms with van der Waals surface area (Å²) in [5, 5.41) is 0. The first-order valence-electron chi connectivity index (χ1n) is 6.86. The molecule has 18 heavy (non-hydrogen) atoms. The first-order chi connectivity index (χ1) is 8.69. The van der Waals surface area contributed by atoms with Gasteiger partial charge >= 0.3 is 0 Å². The number of hydrogen-bond donors (Lipinski definition) is 1. The molecule has 3 heteroatoms. The maximum atomic E-state index is 5.67. The minimum atomic E-state index is 0.799. The molecule has 0 amide bonds. The van der Waals surface area contributed by atoms with Crippen LogP contribution in [0.5, 0.6) is 0 Å². The normalized spacial score (nSPS) is 21.2. The fourth-order valence-corrected chi connectivity index (χ4v) is 3.41. The highest BCUT2D eigenvalue weighted by atomic mass is 79.9. The number of likely N-dealkylation sites (tertiary alicyclic amines) is 1. The van der Waals surface area contributed by atoms with Gasteiger partial charge in [-0.2, -0.15) is 0 Å². The lowest BCUT2D eigenvalue weighted by molar-refractivity contribution is 0.163. The zero-order valence-electron chi connectivity index (χ0n) is 11.2. The van der Waals surface area contributed by atoms with E-state index in [1.165, 1.54) is 48.0 Å². The summed E-state index contributed by atoms with van der Waals surface area (Å²) in [5.41, 5.74) is 8.38. The van der Waals surface area contributed by atoms with Crippen LogP contribution in [0.25, 0.3) is 0 Å². The molecule has 1 heterocycles. The summed E-state index contributed by atoms with van der Waals surface area (Å²) in [6, 6.07) is 6.64. The van der Waals surface area contributed by atoms with Crippen LogP contribution in [0.2, 0.25) is 0 Å². The monoisotopic (exact) mass is 310 g/mol. The second kappa shape index (κ2) is 6.69. The predicted octanol–water partition coefficient (Wildman–Crippen LogP) is 3.32. The van der Waals surface area contributed by atoms with Crippen molar-refractivity contribution in [3.05, 3.63) is 33.8 Å². The molecule has 1 fully saturated rings. The summed E-state index contributed by atoms with van der Waals surface area (Å²) in [6.07, 6.45) is 3.84. The molecule has 1 aromatic rings. The van der Waals surface area contributed by atoms with E-state index < -0.39 is 0 Å². The van der Waals surface area contributed by atoms with Gasteiger partial charge in [0, 0.05) is 17.6 Å². The minimum absolute atomic E-state index is 0.799. The predicted molar refractivity (Wildman–Crippen MR) is 80.6 cm³/mol. The van der Waals surface area contributed by atoms with Crippen LogP contribution in [0, 0.1) is 12.8 Å². The zero-order chi connectivity index (χ0) is 13.0. The molecule has 0 aliphatic carbocycles. The molecule has 1 aromatic carbocycles. The fourth-order valence-electron chi connectivity index (χ4n) is 2.79. The van der Waals surface area contributed by atoms with Crippen LogP contribution >= 0.6 is 15.9 Å².